The Balaban J connectivity index is 2.00. The van der Waals surface area contributed by atoms with Gasteiger partial charge in [0, 0.05) is 17.0 Å². The lowest BCUT2D eigenvalue weighted by molar-refractivity contribution is 0.1000. The van der Waals surface area contributed by atoms with Gasteiger partial charge in [-0.25, -0.2) is 0 Å². The zero-order valence-electron chi connectivity index (χ0n) is 9.42. The number of carbonyl (C=O) groups is 1. The second kappa shape index (κ2) is 3.08. The molecule has 84 valence electrons. The number of benzene rings is 1. The van der Waals surface area contributed by atoms with Crippen LogP contribution in [0, 0.1) is 0 Å². The molecule has 0 heterocycles. The molecule has 1 amide bonds. The topological polar surface area (TPSA) is 55.1 Å². The van der Waals surface area contributed by atoms with E-state index in [0.29, 0.717) is 17.0 Å². The van der Waals surface area contributed by atoms with E-state index in [2.05, 4.69) is 11.4 Å². The number of aryl methyl sites for hydroxylation is 1. The van der Waals surface area contributed by atoms with E-state index in [-0.39, 0.29) is 5.91 Å². The Morgan fingerprint density at radius 3 is 3.00 bits per heavy atom. The lowest BCUT2D eigenvalue weighted by atomic mass is 9.96. The third-order valence-electron chi connectivity index (χ3n) is 4.19. The van der Waals surface area contributed by atoms with Gasteiger partial charge in [-0.05, 0) is 49.6 Å². The van der Waals surface area contributed by atoms with Gasteiger partial charge in [0.15, 0.2) is 0 Å². The fourth-order valence-corrected chi connectivity index (χ4v) is 3.19. The third kappa shape index (κ3) is 1.15. The van der Waals surface area contributed by atoms with Crippen molar-refractivity contribution in [3.05, 3.63) is 34.9 Å². The Labute approximate surface area is 95.0 Å². The van der Waals surface area contributed by atoms with Gasteiger partial charge in [-0.3, -0.25) is 4.79 Å². The van der Waals surface area contributed by atoms with Crippen molar-refractivity contribution in [2.75, 3.05) is 7.05 Å². The van der Waals surface area contributed by atoms with Gasteiger partial charge >= 0.3 is 0 Å². The first-order chi connectivity index (χ1) is 7.67. The third-order valence-corrected chi connectivity index (χ3v) is 4.19. The summed E-state index contributed by atoms with van der Waals surface area (Å²) in [6, 6.07) is 6.55. The summed E-state index contributed by atoms with van der Waals surface area (Å²) in [7, 11) is 2.02. The SMILES string of the molecule is CNC1CC12CCc1cc(C(N)=O)ccc12. The van der Waals surface area contributed by atoms with E-state index in [1.807, 2.05) is 19.2 Å². The smallest absolute Gasteiger partial charge is 0.248 e. The number of rotatable bonds is 2. The normalized spacial score (nSPS) is 30.4. The molecule has 0 aliphatic heterocycles. The molecule has 1 spiro atoms. The highest BCUT2D eigenvalue weighted by Gasteiger charge is 2.57. The number of fused-ring (bicyclic) bond motifs is 2. The number of primary amides is 1. The summed E-state index contributed by atoms with van der Waals surface area (Å²) < 4.78 is 0. The molecular formula is C13H16N2O. The van der Waals surface area contributed by atoms with Crippen molar-refractivity contribution >= 4 is 5.91 Å². The number of nitrogens with two attached hydrogens (primary N) is 1. The number of carbonyl (C=O) groups excluding carboxylic acids is 1. The minimum atomic E-state index is -0.329. The van der Waals surface area contributed by atoms with Gasteiger partial charge < -0.3 is 11.1 Å². The van der Waals surface area contributed by atoms with Crippen LogP contribution in [0.2, 0.25) is 0 Å². The minimum Gasteiger partial charge on any atom is -0.366 e. The van der Waals surface area contributed by atoms with Crippen molar-refractivity contribution in [1.82, 2.24) is 5.32 Å². The molecule has 2 aliphatic rings. The Hall–Kier alpha value is -1.35. The highest BCUT2D eigenvalue weighted by molar-refractivity contribution is 5.93. The maximum atomic E-state index is 11.1. The lowest BCUT2D eigenvalue weighted by Gasteiger charge is -2.11. The molecule has 0 bridgehead atoms. The molecule has 3 rings (SSSR count). The molecular weight excluding hydrogens is 200 g/mol. The first-order valence-corrected chi connectivity index (χ1v) is 5.78. The summed E-state index contributed by atoms with van der Waals surface area (Å²) in [6.45, 7) is 0. The van der Waals surface area contributed by atoms with Crippen LogP contribution in [0.15, 0.2) is 18.2 Å². The van der Waals surface area contributed by atoms with Crippen LogP contribution in [-0.4, -0.2) is 19.0 Å². The maximum Gasteiger partial charge on any atom is 0.248 e. The zero-order valence-corrected chi connectivity index (χ0v) is 9.42. The first-order valence-electron chi connectivity index (χ1n) is 5.78. The fraction of sp³-hybridized carbons (Fsp3) is 0.462. The Morgan fingerprint density at radius 1 is 1.56 bits per heavy atom. The summed E-state index contributed by atoms with van der Waals surface area (Å²) >= 11 is 0. The summed E-state index contributed by atoms with van der Waals surface area (Å²) in [5.74, 6) is -0.329. The van der Waals surface area contributed by atoms with Crippen LogP contribution in [0.25, 0.3) is 0 Å². The average Bonchev–Trinajstić information content (AvgIpc) is 2.88. The van der Waals surface area contributed by atoms with Gasteiger partial charge in [-0.15, -0.1) is 0 Å². The zero-order chi connectivity index (χ0) is 11.3. The van der Waals surface area contributed by atoms with Crippen molar-refractivity contribution in [2.45, 2.75) is 30.7 Å². The van der Waals surface area contributed by atoms with E-state index in [1.54, 1.807) is 0 Å². The molecule has 2 atom stereocenters. The largest absolute Gasteiger partial charge is 0.366 e. The number of hydrogen-bond donors (Lipinski definition) is 2. The van der Waals surface area contributed by atoms with Crippen molar-refractivity contribution in [3.63, 3.8) is 0 Å². The molecule has 0 radical (unpaired) electrons. The van der Waals surface area contributed by atoms with Crippen LogP contribution in [0.3, 0.4) is 0 Å². The maximum absolute atomic E-state index is 11.1. The van der Waals surface area contributed by atoms with Crippen LogP contribution in [-0.2, 0) is 11.8 Å². The van der Waals surface area contributed by atoms with E-state index < -0.39 is 0 Å². The van der Waals surface area contributed by atoms with Crippen molar-refractivity contribution in [3.8, 4) is 0 Å². The van der Waals surface area contributed by atoms with Crippen LogP contribution >= 0.6 is 0 Å². The van der Waals surface area contributed by atoms with E-state index in [4.69, 9.17) is 5.73 Å². The Bertz CT molecular complexity index is 469. The van der Waals surface area contributed by atoms with Crippen LogP contribution in [0.4, 0.5) is 0 Å². The standard InChI is InChI=1S/C13H16N2O/c1-15-11-7-13(11)5-4-8-6-9(12(14)16)2-3-10(8)13/h2-3,6,11,15H,4-5,7H2,1H3,(H2,14,16). The predicted octanol–water partition coefficient (Wildman–Crippen LogP) is 0.961. The van der Waals surface area contributed by atoms with Crippen molar-refractivity contribution in [2.24, 2.45) is 5.73 Å². The van der Waals surface area contributed by atoms with Gasteiger partial charge in [0.25, 0.3) is 0 Å². The van der Waals surface area contributed by atoms with Crippen molar-refractivity contribution < 1.29 is 4.79 Å². The average molecular weight is 216 g/mol. The molecule has 3 heteroatoms. The number of hydrogen-bond acceptors (Lipinski definition) is 2. The summed E-state index contributed by atoms with van der Waals surface area (Å²) in [4.78, 5) is 11.1. The van der Waals surface area contributed by atoms with Gasteiger partial charge in [-0.2, -0.15) is 0 Å². The number of nitrogens with one attached hydrogen (secondary N) is 1. The second-order valence-corrected chi connectivity index (χ2v) is 4.94. The van der Waals surface area contributed by atoms with Crippen LogP contribution < -0.4 is 11.1 Å². The Kier molecular flexibility index (Phi) is 1.89. The van der Waals surface area contributed by atoms with Gasteiger partial charge in [-0.1, -0.05) is 6.07 Å². The van der Waals surface area contributed by atoms with E-state index in [9.17, 15) is 4.79 Å². The predicted molar refractivity (Wildman–Crippen MR) is 62.4 cm³/mol. The molecule has 16 heavy (non-hydrogen) atoms. The van der Waals surface area contributed by atoms with Gasteiger partial charge in [0.2, 0.25) is 5.91 Å². The van der Waals surface area contributed by atoms with Gasteiger partial charge in [0.05, 0.1) is 0 Å². The summed E-state index contributed by atoms with van der Waals surface area (Å²) in [5.41, 5.74) is 9.03. The fourth-order valence-electron chi connectivity index (χ4n) is 3.19. The molecule has 1 aromatic carbocycles. The molecule has 0 saturated heterocycles. The summed E-state index contributed by atoms with van der Waals surface area (Å²) in [6.07, 6.45) is 3.51. The first kappa shape index (κ1) is 9.85. The quantitative estimate of drug-likeness (QED) is 0.773. The number of amides is 1. The second-order valence-electron chi connectivity index (χ2n) is 4.94. The molecule has 0 aromatic heterocycles. The molecule has 2 aliphatic carbocycles. The summed E-state index contributed by atoms with van der Waals surface area (Å²) in [5, 5.41) is 3.36. The molecule has 1 fully saturated rings. The molecule has 1 saturated carbocycles. The highest BCUT2D eigenvalue weighted by Crippen LogP contribution is 2.56. The molecule has 1 aromatic rings. The van der Waals surface area contributed by atoms with Crippen molar-refractivity contribution in [1.29, 1.82) is 0 Å². The molecule has 3 nitrogen and oxygen atoms in total. The highest BCUT2D eigenvalue weighted by atomic mass is 16.1. The Morgan fingerprint density at radius 2 is 2.38 bits per heavy atom. The van der Waals surface area contributed by atoms with Crippen LogP contribution in [0.1, 0.15) is 34.3 Å². The number of likely N-dealkylation sites (N-methyl/N-ethyl adjacent to an activating group) is 1. The van der Waals surface area contributed by atoms with E-state index in [1.165, 1.54) is 24.0 Å². The van der Waals surface area contributed by atoms with Gasteiger partial charge in [0.1, 0.15) is 0 Å². The van der Waals surface area contributed by atoms with E-state index in [0.717, 1.165) is 6.42 Å². The lowest BCUT2D eigenvalue weighted by Crippen LogP contribution is -2.20. The molecule has 2 unspecified atom stereocenters. The van der Waals surface area contributed by atoms with E-state index >= 15 is 0 Å². The van der Waals surface area contributed by atoms with Crippen LogP contribution in [0.5, 0.6) is 0 Å². The minimum absolute atomic E-state index is 0.329. The molecule has 3 N–H and O–H groups in total. The monoisotopic (exact) mass is 216 g/mol.